The van der Waals surface area contributed by atoms with Gasteiger partial charge in [-0.2, -0.15) is 0 Å². The Morgan fingerprint density at radius 3 is 2.71 bits per heavy atom. The van der Waals surface area contributed by atoms with Crippen LogP contribution in [-0.4, -0.2) is 28.9 Å². The van der Waals surface area contributed by atoms with Gasteiger partial charge in [0.2, 0.25) is 0 Å². The number of aromatic nitrogens is 1. The van der Waals surface area contributed by atoms with Crippen molar-refractivity contribution in [3.63, 3.8) is 0 Å². The molecule has 126 valence electrons. The average Bonchev–Trinajstić information content (AvgIpc) is 2.61. The van der Waals surface area contributed by atoms with Crippen molar-refractivity contribution in [1.82, 2.24) is 9.88 Å². The van der Waals surface area contributed by atoms with Crippen LogP contribution in [0.5, 0.6) is 0 Å². The van der Waals surface area contributed by atoms with Crippen molar-refractivity contribution in [3.05, 3.63) is 58.9 Å². The molecule has 0 saturated carbocycles. The molecule has 2 heterocycles. The maximum absolute atomic E-state index is 12.6. The van der Waals surface area contributed by atoms with Gasteiger partial charge in [-0.15, -0.1) is 11.8 Å². The molecule has 3 nitrogen and oxygen atoms in total. The van der Waals surface area contributed by atoms with Crippen molar-refractivity contribution in [2.24, 2.45) is 5.92 Å². The molecule has 0 atom stereocenters. The van der Waals surface area contributed by atoms with E-state index in [1.54, 1.807) is 11.8 Å². The first-order chi connectivity index (χ1) is 11.6. The number of pyridine rings is 1. The van der Waals surface area contributed by atoms with Gasteiger partial charge in [-0.3, -0.25) is 4.79 Å². The maximum atomic E-state index is 12.6. The van der Waals surface area contributed by atoms with Gasteiger partial charge in [0, 0.05) is 23.7 Å². The predicted octanol–water partition coefficient (Wildman–Crippen LogP) is 4.90. The monoisotopic (exact) mass is 360 g/mol. The number of hydrogen-bond acceptors (Lipinski definition) is 3. The number of likely N-dealkylation sites (tertiary alicyclic amines) is 1. The van der Waals surface area contributed by atoms with Gasteiger partial charge < -0.3 is 4.90 Å². The summed E-state index contributed by atoms with van der Waals surface area (Å²) in [5.74, 6) is 1.45. The number of amides is 1. The first-order valence-electron chi connectivity index (χ1n) is 8.26. The molecular formula is C19H21ClN2OS. The van der Waals surface area contributed by atoms with Crippen LogP contribution >= 0.6 is 23.4 Å². The summed E-state index contributed by atoms with van der Waals surface area (Å²) in [7, 11) is 0. The molecule has 1 fully saturated rings. The second-order valence-corrected chi connectivity index (χ2v) is 7.63. The second kappa shape index (κ2) is 8.04. The summed E-state index contributed by atoms with van der Waals surface area (Å²) in [6.07, 6.45) is 2.15. The Labute approximate surface area is 152 Å². The first-order valence-corrected chi connectivity index (χ1v) is 9.62. The van der Waals surface area contributed by atoms with Crippen LogP contribution in [-0.2, 0) is 5.75 Å². The number of carbonyl (C=O) groups excluding carboxylic acids is 1. The Morgan fingerprint density at radius 2 is 1.96 bits per heavy atom. The van der Waals surface area contributed by atoms with Gasteiger partial charge in [0.05, 0.1) is 10.7 Å². The van der Waals surface area contributed by atoms with Crippen LogP contribution in [0.25, 0.3) is 0 Å². The predicted molar refractivity (Wildman–Crippen MR) is 99.6 cm³/mol. The SMILES string of the molecule is CC1CCN(C(=O)c2cccc(CSc3ccccc3Cl)n2)CC1. The molecule has 1 aliphatic rings. The third kappa shape index (κ3) is 4.31. The van der Waals surface area contributed by atoms with Crippen molar-refractivity contribution >= 4 is 29.3 Å². The molecule has 1 aromatic carbocycles. The molecule has 0 N–H and O–H groups in total. The summed E-state index contributed by atoms with van der Waals surface area (Å²) < 4.78 is 0. The Bertz CT molecular complexity index is 714. The highest BCUT2D eigenvalue weighted by molar-refractivity contribution is 7.98. The fourth-order valence-electron chi connectivity index (χ4n) is 2.77. The van der Waals surface area contributed by atoms with Gasteiger partial charge in [0.1, 0.15) is 5.69 Å². The Kier molecular flexibility index (Phi) is 5.80. The molecule has 1 saturated heterocycles. The van der Waals surface area contributed by atoms with E-state index in [-0.39, 0.29) is 5.91 Å². The summed E-state index contributed by atoms with van der Waals surface area (Å²) in [5.41, 5.74) is 1.44. The third-order valence-corrected chi connectivity index (χ3v) is 5.86. The van der Waals surface area contributed by atoms with Crippen molar-refractivity contribution in [2.75, 3.05) is 13.1 Å². The van der Waals surface area contributed by atoms with Crippen LogP contribution in [0.2, 0.25) is 5.02 Å². The summed E-state index contributed by atoms with van der Waals surface area (Å²) in [4.78, 5) is 20.1. The van der Waals surface area contributed by atoms with E-state index in [2.05, 4.69) is 11.9 Å². The van der Waals surface area contributed by atoms with E-state index >= 15 is 0 Å². The van der Waals surface area contributed by atoms with Crippen LogP contribution in [0.4, 0.5) is 0 Å². The molecule has 0 unspecified atom stereocenters. The molecule has 1 amide bonds. The molecule has 24 heavy (non-hydrogen) atoms. The smallest absolute Gasteiger partial charge is 0.272 e. The lowest BCUT2D eigenvalue weighted by Gasteiger charge is -2.30. The van der Waals surface area contributed by atoms with Crippen LogP contribution in [0.1, 0.15) is 35.9 Å². The van der Waals surface area contributed by atoms with E-state index < -0.39 is 0 Å². The lowest BCUT2D eigenvalue weighted by atomic mass is 9.99. The summed E-state index contributed by atoms with van der Waals surface area (Å²) >= 11 is 7.82. The highest BCUT2D eigenvalue weighted by atomic mass is 35.5. The highest BCUT2D eigenvalue weighted by Crippen LogP contribution is 2.29. The zero-order valence-corrected chi connectivity index (χ0v) is 15.3. The van der Waals surface area contributed by atoms with Crippen molar-refractivity contribution < 1.29 is 4.79 Å². The molecule has 0 bridgehead atoms. The Balaban J connectivity index is 1.65. The Hall–Kier alpha value is -1.52. The normalized spacial score (nSPS) is 15.5. The van der Waals surface area contributed by atoms with E-state index in [1.165, 1.54) is 0 Å². The molecular weight excluding hydrogens is 340 g/mol. The van der Waals surface area contributed by atoms with Crippen LogP contribution in [0, 0.1) is 5.92 Å². The average molecular weight is 361 g/mol. The third-order valence-electron chi connectivity index (χ3n) is 4.31. The number of halogens is 1. The number of carbonyl (C=O) groups is 1. The van der Waals surface area contributed by atoms with Gasteiger partial charge in [-0.1, -0.05) is 36.7 Å². The van der Waals surface area contributed by atoms with Gasteiger partial charge in [0.15, 0.2) is 0 Å². The van der Waals surface area contributed by atoms with Crippen molar-refractivity contribution in [2.45, 2.75) is 30.4 Å². The van der Waals surface area contributed by atoms with E-state index in [0.717, 1.165) is 41.5 Å². The molecule has 5 heteroatoms. The number of thioether (sulfide) groups is 1. The fraction of sp³-hybridized carbons (Fsp3) is 0.368. The highest BCUT2D eigenvalue weighted by Gasteiger charge is 2.22. The van der Waals surface area contributed by atoms with Crippen LogP contribution < -0.4 is 0 Å². The number of rotatable bonds is 4. The topological polar surface area (TPSA) is 33.2 Å². The lowest BCUT2D eigenvalue weighted by molar-refractivity contribution is 0.0691. The second-order valence-electron chi connectivity index (χ2n) is 6.21. The molecule has 0 spiro atoms. The molecule has 0 radical (unpaired) electrons. The van der Waals surface area contributed by atoms with E-state index in [1.807, 2.05) is 47.4 Å². The number of nitrogens with zero attached hydrogens (tertiary/aromatic N) is 2. The zero-order chi connectivity index (χ0) is 16.9. The molecule has 1 aromatic heterocycles. The molecule has 1 aliphatic heterocycles. The minimum atomic E-state index is 0.0477. The minimum absolute atomic E-state index is 0.0477. The maximum Gasteiger partial charge on any atom is 0.272 e. The van der Waals surface area contributed by atoms with E-state index in [4.69, 9.17) is 11.6 Å². The first kappa shape index (κ1) is 17.3. The molecule has 0 aliphatic carbocycles. The van der Waals surface area contributed by atoms with E-state index in [9.17, 15) is 4.79 Å². The van der Waals surface area contributed by atoms with Gasteiger partial charge in [0.25, 0.3) is 5.91 Å². The summed E-state index contributed by atoms with van der Waals surface area (Å²) in [5, 5.41) is 0.747. The van der Waals surface area contributed by atoms with E-state index in [0.29, 0.717) is 17.4 Å². The lowest BCUT2D eigenvalue weighted by Crippen LogP contribution is -2.38. The van der Waals surface area contributed by atoms with Crippen LogP contribution in [0.15, 0.2) is 47.4 Å². The molecule has 3 rings (SSSR count). The summed E-state index contributed by atoms with van der Waals surface area (Å²) in [6.45, 7) is 3.91. The Morgan fingerprint density at radius 1 is 1.21 bits per heavy atom. The van der Waals surface area contributed by atoms with Crippen LogP contribution in [0.3, 0.4) is 0 Å². The molecule has 2 aromatic rings. The number of piperidine rings is 1. The van der Waals surface area contributed by atoms with Gasteiger partial charge in [-0.05, 0) is 43.0 Å². The quantitative estimate of drug-likeness (QED) is 0.727. The van der Waals surface area contributed by atoms with Gasteiger partial charge in [-0.25, -0.2) is 4.98 Å². The minimum Gasteiger partial charge on any atom is -0.337 e. The summed E-state index contributed by atoms with van der Waals surface area (Å²) in [6, 6.07) is 13.5. The van der Waals surface area contributed by atoms with Crippen molar-refractivity contribution in [3.8, 4) is 0 Å². The number of hydrogen-bond donors (Lipinski definition) is 0. The van der Waals surface area contributed by atoms with Crippen molar-refractivity contribution in [1.29, 1.82) is 0 Å². The fourth-order valence-corrected chi connectivity index (χ4v) is 3.91. The zero-order valence-electron chi connectivity index (χ0n) is 13.7. The standard InChI is InChI=1S/C19H21ClN2OS/c1-14-9-11-22(12-10-14)19(23)17-7-4-5-15(21-17)13-24-18-8-3-2-6-16(18)20/h2-8,14H,9-13H2,1H3. The number of benzene rings is 1. The van der Waals surface area contributed by atoms with Gasteiger partial charge >= 0.3 is 0 Å². The largest absolute Gasteiger partial charge is 0.337 e.